The number of carbonyl (C=O) groups excluding carboxylic acids is 3. The Bertz CT molecular complexity index is 3810. The minimum absolute atomic E-state index is 0. The van der Waals surface area contributed by atoms with Gasteiger partial charge in [-0.15, -0.1) is 0 Å². The van der Waals surface area contributed by atoms with E-state index in [-0.39, 0.29) is 331 Å². The van der Waals surface area contributed by atoms with Gasteiger partial charge >= 0.3 is 325 Å². The van der Waals surface area contributed by atoms with Crippen LogP contribution in [0.15, 0.2) is 11.8 Å². The molecule has 0 spiro atoms. The predicted octanol–water partition coefficient (Wildman–Crippen LogP) is -54.1. The third-order valence-electron chi connectivity index (χ3n) is 12.8. The Hall–Kier alpha value is 7.27. The third kappa shape index (κ3) is 42.0. The normalized spacial score (nSPS) is 33.3. The van der Waals surface area contributed by atoms with Gasteiger partial charge in [-0.1, -0.05) is 0 Å². The van der Waals surface area contributed by atoms with Gasteiger partial charge in [0.25, 0.3) is 0 Å². The summed E-state index contributed by atoms with van der Waals surface area (Å²) in [5.74, 6) is -9.08. The Labute approximate surface area is 854 Å². The molecular formula is C34H44N3Na11O52S8. The third-order valence-corrected chi connectivity index (χ3v) is 16.7. The molecule has 0 saturated carbocycles. The molecule has 0 bridgehead atoms. The standard InChI is InChI=1S/C34H55N3O52S8.11Na/c38-2-6(1-10(39)40)78-30-12(36-91(54,55)56)16(43)20(8(80-30)4-76-94(63,64)65)82-33-25(89-97(72,73)74)19(46)23(27(87-33)29(49)50)85-32-13(37-92(57,58)59)17(44)21(9(81-32)5-77-95(66,67)68)83-34-24(88-96(69,70)71)18(45)22(26(86-34)28(47)48)84-31-11(35-90(51,52)53)15(42)14(41)7(79-31)3-75-93(60,61)62;;;;;;;;;;;/h1,7-9,11-27,30-38,41-46H,2-5H2,(H,39,40)(H,47,48)(H,49,50)(H,51,52,53)(H,54,55,56)(H,57,58,59)(H,60,61,62)(H,63,64,65)(H,66,67,68)(H,69,70,71)(H,72,73,74);;;;;;;;;;;/q;11*+1/p-11/b6-1+;;;;;;;;;;;. The van der Waals surface area contributed by atoms with Crippen molar-refractivity contribution in [1.82, 2.24) is 14.2 Å². The van der Waals surface area contributed by atoms with Crippen LogP contribution in [-0.2, 0) is 166 Å². The van der Waals surface area contributed by atoms with Crippen molar-refractivity contribution in [3.8, 4) is 0 Å². The van der Waals surface area contributed by atoms with Gasteiger partial charge in [-0.2, -0.15) is 0 Å². The summed E-state index contributed by atoms with van der Waals surface area (Å²) in [6.45, 7) is -7.18. The minimum atomic E-state index is -6.54. The topological polar surface area (TPSA) is 894 Å². The molecule has 108 heavy (non-hydrogen) atoms. The van der Waals surface area contributed by atoms with Crippen LogP contribution in [-0.4, -0.2) is 337 Å². The van der Waals surface area contributed by atoms with E-state index >= 15 is 0 Å². The quantitative estimate of drug-likeness (QED) is 0.00959. The van der Waals surface area contributed by atoms with Crippen LogP contribution in [0.4, 0.5) is 0 Å². The average Bonchev–Trinajstić information content (AvgIpc) is 0.762. The molecule has 10 N–H and O–H groups in total. The molecule has 5 fully saturated rings. The second-order valence-electron chi connectivity index (χ2n) is 19.5. The Morgan fingerprint density at radius 2 is 0.630 bits per heavy atom. The number of hydrogen-bond acceptors (Lipinski definition) is 52. The van der Waals surface area contributed by atoms with Crippen LogP contribution in [0.3, 0.4) is 0 Å². The number of carboxylic acids is 3. The van der Waals surface area contributed by atoms with E-state index in [0.29, 0.717) is 0 Å². The van der Waals surface area contributed by atoms with Crippen molar-refractivity contribution in [1.29, 1.82) is 0 Å². The van der Waals surface area contributed by atoms with Crippen LogP contribution < -0.4 is 355 Å². The number of nitrogens with one attached hydrogen (secondary N) is 3. The Kier molecular flexibility index (Phi) is 63.8. The molecule has 5 aliphatic rings. The maximum atomic E-state index is 12.9. The van der Waals surface area contributed by atoms with Gasteiger partial charge in [-0.3, -0.25) is 20.9 Å². The molecule has 0 aromatic carbocycles. The van der Waals surface area contributed by atoms with Crippen LogP contribution in [0.5, 0.6) is 0 Å². The Morgan fingerprint density at radius 1 is 0.352 bits per heavy atom. The molecule has 55 nitrogen and oxygen atoms in total. The predicted molar refractivity (Wildman–Crippen MR) is 256 cm³/mol. The Morgan fingerprint density at radius 3 is 0.907 bits per heavy atom. The van der Waals surface area contributed by atoms with Gasteiger partial charge in [0.05, 0.1) is 37.7 Å². The second kappa shape index (κ2) is 53.7. The number of aliphatic hydroxyl groups excluding tert-OH is 7. The van der Waals surface area contributed by atoms with Crippen molar-refractivity contribution in [2.75, 3.05) is 26.4 Å². The zero-order valence-corrected chi connectivity index (χ0v) is 85.6. The van der Waals surface area contributed by atoms with Crippen LogP contribution in [0.2, 0.25) is 0 Å². The number of carboxylic acid groups (broad SMARTS) is 3. The van der Waals surface area contributed by atoms with E-state index in [1.807, 2.05) is 0 Å². The van der Waals surface area contributed by atoms with E-state index in [1.165, 1.54) is 0 Å². The summed E-state index contributed by atoms with van der Waals surface area (Å²) < 4.78 is 360. The maximum Gasteiger partial charge on any atom is 1.00 e. The van der Waals surface area contributed by atoms with Crippen LogP contribution in [0.25, 0.3) is 0 Å². The van der Waals surface area contributed by atoms with E-state index in [1.54, 1.807) is 0 Å². The first-order valence-corrected chi connectivity index (χ1v) is 35.7. The molecule has 5 heterocycles. The molecule has 25 unspecified atom stereocenters. The average molecular weight is 1840 g/mol. The second-order valence-corrected chi connectivity index (χ2v) is 28.1. The Balaban J connectivity index is -0.00000185. The molecule has 0 aliphatic carbocycles. The molecule has 566 valence electrons. The molecular weight excluding hydrogens is 1790 g/mol. The van der Waals surface area contributed by atoms with E-state index < -0.39 is 286 Å². The first-order valence-electron chi connectivity index (χ1n) is 24.8. The maximum absolute atomic E-state index is 12.9. The van der Waals surface area contributed by atoms with E-state index in [9.17, 15) is 169 Å². The summed E-state index contributed by atoms with van der Waals surface area (Å²) in [6.07, 6.45) is -69.0. The molecule has 5 saturated heterocycles. The molecule has 74 heteroatoms. The van der Waals surface area contributed by atoms with Gasteiger partial charge in [0.15, 0.2) is 68.3 Å². The number of carbonyl (C=O) groups is 3. The summed E-state index contributed by atoms with van der Waals surface area (Å²) in [6, 6.07) is -8.90. The molecule has 0 radical (unpaired) electrons. The van der Waals surface area contributed by atoms with Crippen molar-refractivity contribution >= 4 is 101 Å². The van der Waals surface area contributed by atoms with Crippen molar-refractivity contribution in [2.24, 2.45) is 0 Å². The van der Waals surface area contributed by atoms with Crippen LogP contribution in [0, 0.1) is 0 Å². The number of hydrogen-bond donors (Lipinski definition) is 10. The van der Waals surface area contributed by atoms with Gasteiger partial charge in [0.2, 0.25) is 58.3 Å². The summed E-state index contributed by atoms with van der Waals surface area (Å²) in [5, 5.41) is 114. The fourth-order valence-corrected chi connectivity index (χ4v) is 12.8. The fourth-order valence-electron chi connectivity index (χ4n) is 9.22. The number of aliphatic hydroxyl groups is 7. The molecule has 0 aromatic rings. The summed E-state index contributed by atoms with van der Waals surface area (Å²) >= 11 is 0. The molecule has 0 aromatic heterocycles. The number of rotatable bonds is 33. The van der Waals surface area contributed by atoms with Gasteiger partial charge < -0.3 is 149 Å². The minimum Gasteiger partial charge on any atom is -0.735 e. The molecule has 25 atom stereocenters. The fraction of sp³-hybridized carbons (Fsp3) is 0.853. The van der Waals surface area contributed by atoms with Gasteiger partial charge in [-0.25, -0.2) is 81.5 Å². The largest absolute Gasteiger partial charge is 1.00 e. The van der Waals surface area contributed by atoms with E-state index in [0.717, 1.165) is 14.2 Å². The zero-order chi connectivity index (χ0) is 74.0. The van der Waals surface area contributed by atoms with E-state index in [4.69, 9.17) is 47.4 Å². The molecule has 5 rings (SSSR count). The monoisotopic (exact) mass is 1830 g/mol. The van der Waals surface area contributed by atoms with Crippen molar-refractivity contribution in [3.05, 3.63) is 11.8 Å². The van der Waals surface area contributed by atoms with Gasteiger partial charge in [0.1, 0.15) is 122 Å². The van der Waals surface area contributed by atoms with Gasteiger partial charge in [0, 0.05) is 6.08 Å². The zero-order valence-electron chi connectivity index (χ0n) is 57.1. The number of ether oxygens (including phenoxy) is 10. The van der Waals surface area contributed by atoms with Crippen molar-refractivity contribution in [3.63, 3.8) is 0 Å². The molecule has 5 aliphatic heterocycles. The first-order chi connectivity index (χ1) is 44.0. The van der Waals surface area contributed by atoms with Crippen molar-refractivity contribution in [2.45, 2.75) is 153 Å². The van der Waals surface area contributed by atoms with Gasteiger partial charge in [-0.05, 0) is 0 Å². The van der Waals surface area contributed by atoms with Crippen LogP contribution in [0.1, 0.15) is 0 Å². The summed E-state index contributed by atoms with van der Waals surface area (Å²) in [7, 11) is -49.4. The first kappa shape index (κ1) is 128. The summed E-state index contributed by atoms with van der Waals surface area (Å²) in [4.78, 5) is 36.8. The number of aliphatic carboxylic acids is 3. The smallest absolute Gasteiger partial charge is 0.735 e. The van der Waals surface area contributed by atoms with E-state index in [2.05, 4.69) is 20.9 Å². The molecule has 0 amide bonds. The van der Waals surface area contributed by atoms with Crippen molar-refractivity contribution < 1.29 is 563 Å². The van der Waals surface area contributed by atoms with Crippen LogP contribution >= 0.6 is 0 Å². The SMILES string of the molecule is O=C([O-])/C=C(\CO)OC1OC(COS(=O)(=O)[O-])C(OC2OC(C(=O)[O-])C(OC3OC(COS(=O)(=O)[O-])C(OC4OC(C(=O)[O-])C(OC5OC(COS(=O)(=O)[O-])C(O)C(O)C5NS(=O)(=O)[O-])C(O)C4OS(=O)(=O)[O-])C(O)C3NS(=O)(=O)[O-])C(O)C2OS(=O)(=O)[O-])C(O)C1NS(=O)(=O)[O-].[Na+].[Na+].[Na+].[Na+].[Na+].[Na+].[Na+].[Na+].[Na+].[Na+].[Na+]. The summed E-state index contributed by atoms with van der Waals surface area (Å²) in [5.41, 5.74) is 0.